The summed E-state index contributed by atoms with van der Waals surface area (Å²) in [5.41, 5.74) is 3.59. The number of aromatic nitrogens is 5. The third-order valence-corrected chi connectivity index (χ3v) is 4.58. The lowest BCUT2D eigenvalue weighted by molar-refractivity contribution is 0.318. The minimum atomic E-state index is 0.0373. The molecule has 0 unspecified atom stereocenters. The number of phenolic OH excluding ortho intramolecular Hbond substituents is 1. The molecule has 134 valence electrons. The van der Waals surface area contributed by atoms with E-state index in [1.54, 1.807) is 18.2 Å². The minimum absolute atomic E-state index is 0.0373. The number of nitrogens with zero attached hydrogens (tertiary/aromatic N) is 4. The highest BCUT2D eigenvalue weighted by Gasteiger charge is 2.23. The van der Waals surface area contributed by atoms with Crippen LogP contribution in [0.4, 0.5) is 0 Å². The number of fused-ring (bicyclic) bond motifs is 1. The number of benzene rings is 1. The van der Waals surface area contributed by atoms with Crippen molar-refractivity contribution in [3.63, 3.8) is 0 Å². The van der Waals surface area contributed by atoms with Crippen LogP contribution >= 0.6 is 12.2 Å². The molecule has 0 bridgehead atoms. The third-order valence-electron chi connectivity index (χ3n) is 4.31. The number of H-pyrrole nitrogens is 2. The Morgan fingerprint density at radius 1 is 1.35 bits per heavy atom. The highest BCUT2D eigenvalue weighted by Crippen LogP contribution is 2.30. The van der Waals surface area contributed by atoms with E-state index in [1.807, 2.05) is 6.92 Å². The van der Waals surface area contributed by atoms with Crippen molar-refractivity contribution >= 4 is 18.4 Å². The van der Waals surface area contributed by atoms with Crippen molar-refractivity contribution in [2.24, 2.45) is 5.10 Å². The van der Waals surface area contributed by atoms with Gasteiger partial charge in [0.25, 0.3) is 0 Å². The predicted molar refractivity (Wildman–Crippen MR) is 99.3 cm³/mol. The van der Waals surface area contributed by atoms with Gasteiger partial charge in [-0.2, -0.15) is 20.0 Å². The Kier molecular flexibility index (Phi) is 4.29. The molecule has 4 rings (SSSR count). The molecular formula is C17H18N6O2S. The zero-order valence-electron chi connectivity index (χ0n) is 14.2. The molecule has 2 heterocycles. The standard InChI is InChI=1S/C17H18N6O2S/c1-2-25-13-8-3-5-10(15(13)24)9-18-23-16(21-22-17(23)26)14-11-6-4-7-12(11)19-20-14/h3,5,8-9,24H,2,4,6-7H2,1H3,(H,19,20)(H,22,26). The van der Waals surface area contributed by atoms with Crippen molar-refractivity contribution < 1.29 is 9.84 Å². The van der Waals surface area contributed by atoms with Crippen molar-refractivity contribution in [3.8, 4) is 23.0 Å². The number of nitrogens with one attached hydrogen (secondary N) is 2. The van der Waals surface area contributed by atoms with Crippen LogP contribution in [0.3, 0.4) is 0 Å². The maximum Gasteiger partial charge on any atom is 0.216 e. The van der Waals surface area contributed by atoms with Gasteiger partial charge in [0.15, 0.2) is 11.5 Å². The van der Waals surface area contributed by atoms with Crippen molar-refractivity contribution in [1.82, 2.24) is 25.1 Å². The zero-order valence-corrected chi connectivity index (χ0v) is 15.0. The molecular weight excluding hydrogens is 352 g/mol. The number of aryl methyl sites for hydroxylation is 1. The SMILES string of the molecule is CCOc1cccc(C=Nn2c(-c3n[nH]c4c3CCC4)n[nH]c2=S)c1O. The molecule has 1 aromatic carbocycles. The second-order valence-corrected chi connectivity index (χ2v) is 6.31. The minimum Gasteiger partial charge on any atom is -0.504 e. The molecule has 3 N–H and O–H groups in total. The van der Waals surface area contributed by atoms with E-state index < -0.39 is 0 Å². The lowest BCUT2D eigenvalue weighted by Gasteiger charge is -2.07. The number of aromatic amines is 2. The molecule has 0 saturated heterocycles. The van der Waals surface area contributed by atoms with Crippen LogP contribution < -0.4 is 4.74 Å². The normalized spacial score (nSPS) is 13.4. The summed E-state index contributed by atoms with van der Waals surface area (Å²) in [6, 6.07) is 5.25. The first-order chi connectivity index (χ1) is 12.7. The van der Waals surface area contributed by atoms with E-state index in [9.17, 15) is 5.11 Å². The summed E-state index contributed by atoms with van der Waals surface area (Å²) in [7, 11) is 0. The van der Waals surface area contributed by atoms with E-state index >= 15 is 0 Å². The summed E-state index contributed by atoms with van der Waals surface area (Å²) in [5.74, 6) is 0.999. The Bertz CT molecular complexity index is 1030. The smallest absolute Gasteiger partial charge is 0.216 e. The lowest BCUT2D eigenvalue weighted by Crippen LogP contribution is -1.98. The molecule has 8 nitrogen and oxygen atoms in total. The van der Waals surface area contributed by atoms with Crippen LogP contribution in [-0.2, 0) is 12.8 Å². The summed E-state index contributed by atoms with van der Waals surface area (Å²) in [5, 5.41) is 29.2. The Labute approximate surface area is 154 Å². The van der Waals surface area contributed by atoms with Crippen LogP contribution in [-0.4, -0.2) is 43.0 Å². The Morgan fingerprint density at radius 3 is 3.08 bits per heavy atom. The van der Waals surface area contributed by atoms with Crippen LogP contribution in [0.1, 0.15) is 30.2 Å². The number of hydrogen-bond donors (Lipinski definition) is 3. The second kappa shape index (κ2) is 6.75. The fraction of sp³-hybridized carbons (Fsp3) is 0.294. The summed E-state index contributed by atoms with van der Waals surface area (Å²) >= 11 is 5.30. The van der Waals surface area contributed by atoms with Gasteiger partial charge in [-0.1, -0.05) is 6.07 Å². The first kappa shape index (κ1) is 16.5. The summed E-state index contributed by atoms with van der Waals surface area (Å²) in [4.78, 5) is 0. The monoisotopic (exact) mass is 370 g/mol. The molecule has 0 aliphatic heterocycles. The van der Waals surface area contributed by atoms with E-state index in [0.29, 0.717) is 28.5 Å². The van der Waals surface area contributed by atoms with Crippen molar-refractivity contribution in [3.05, 3.63) is 39.8 Å². The van der Waals surface area contributed by atoms with Crippen LogP contribution in [0.25, 0.3) is 11.5 Å². The molecule has 2 aromatic heterocycles. The summed E-state index contributed by atoms with van der Waals surface area (Å²) in [6.45, 7) is 2.33. The van der Waals surface area contributed by atoms with Gasteiger partial charge in [-0.3, -0.25) is 5.10 Å². The molecule has 0 spiro atoms. The number of hydrogen-bond acceptors (Lipinski definition) is 6. The van der Waals surface area contributed by atoms with Crippen LogP contribution in [0, 0.1) is 4.77 Å². The molecule has 1 aliphatic rings. The van der Waals surface area contributed by atoms with E-state index in [4.69, 9.17) is 17.0 Å². The van der Waals surface area contributed by atoms with Crippen LogP contribution in [0.15, 0.2) is 23.3 Å². The van der Waals surface area contributed by atoms with Crippen molar-refractivity contribution in [2.45, 2.75) is 26.2 Å². The topological polar surface area (TPSA) is 104 Å². The quantitative estimate of drug-likeness (QED) is 0.473. The number of phenols is 1. The predicted octanol–water partition coefficient (Wildman–Crippen LogP) is 2.81. The van der Waals surface area contributed by atoms with Crippen LogP contribution in [0.2, 0.25) is 0 Å². The fourth-order valence-corrected chi connectivity index (χ4v) is 3.27. The number of rotatable bonds is 5. The maximum atomic E-state index is 10.3. The first-order valence-corrected chi connectivity index (χ1v) is 8.83. The number of para-hydroxylation sites is 1. The largest absolute Gasteiger partial charge is 0.504 e. The molecule has 26 heavy (non-hydrogen) atoms. The van der Waals surface area contributed by atoms with E-state index in [-0.39, 0.29) is 5.75 Å². The van der Waals surface area contributed by atoms with Gasteiger partial charge >= 0.3 is 0 Å². The highest BCUT2D eigenvalue weighted by molar-refractivity contribution is 7.71. The van der Waals surface area contributed by atoms with Gasteiger partial charge in [0.2, 0.25) is 10.6 Å². The summed E-state index contributed by atoms with van der Waals surface area (Å²) < 4.78 is 7.26. The van der Waals surface area contributed by atoms with Gasteiger partial charge in [0.1, 0.15) is 5.69 Å². The van der Waals surface area contributed by atoms with Gasteiger partial charge in [0, 0.05) is 16.8 Å². The molecule has 3 aromatic rings. The highest BCUT2D eigenvalue weighted by atomic mass is 32.1. The lowest BCUT2D eigenvalue weighted by atomic mass is 10.2. The average molecular weight is 370 g/mol. The maximum absolute atomic E-state index is 10.3. The molecule has 0 saturated carbocycles. The molecule has 0 amide bonds. The van der Waals surface area contributed by atoms with Gasteiger partial charge in [-0.05, 0) is 50.5 Å². The molecule has 0 atom stereocenters. The van der Waals surface area contributed by atoms with Gasteiger partial charge in [-0.15, -0.1) is 0 Å². The molecule has 0 fully saturated rings. The molecule has 1 aliphatic carbocycles. The van der Waals surface area contributed by atoms with E-state index in [0.717, 1.165) is 36.2 Å². The first-order valence-electron chi connectivity index (χ1n) is 8.42. The second-order valence-electron chi connectivity index (χ2n) is 5.92. The van der Waals surface area contributed by atoms with Gasteiger partial charge in [-0.25, -0.2) is 5.10 Å². The fourth-order valence-electron chi connectivity index (χ4n) is 3.09. The van der Waals surface area contributed by atoms with Crippen LogP contribution in [0.5, 0.6) is 11.5 Å². The van der Waals surface area contributed by atoms with Crippen molar-refractivity contribution in [2.75, 3.05) is 6.61 Å². The Balaban J connectivity index is 1.72. The molecule has 9 heteroatoms. The van der Waals surface area contributed by atoms with E-state index in [2.05, 4.69) is 25.5 Å². The zero-order chi connectivity index (χ0) is 18.1. The average Bonchev–Trinajstić information content (AvgIpc) is 3.32. The molecule has 0 radical (unpaired) electrons. The number of aromatic hydroxyl groups is 1. The van der Waals surface area contributed by atoms with Gasteiger partial charge < -0.3 is 9.84 Å². The Hall–Kier alpha value is -2.94. The third kappa shape index (κ3) is 2.80. The Morgan fingerprint density at radius 2 is 2.23 bits per heavy atom. The summed E-state index contributed by atoms with van der Waals surface area (Å²) in [6.07, 6.45) is 4.58. The number of ether oxygens (including phenoxy) is 1. The van der Waals surface area contributed by atoms with E-state index in [1.165, 1.54) is 10.9 Å². The van der Waals surface area contributed by atoms with Crippen molar-refractivity contribution in [1.29, 1.82) is 0 Å². The van der Waals surface area contributed by atoms with Gasteiger partial charge in [0.05, 0.1) is 12.8 Å².